The Morgan fingerprint density at radius 1 is 1.28 bits per heavy atom. The minimum absolute atomic E-state index is 0.271. The summed E-state index contributed by atoms with van der Waals surface area (Å²) in [6, 6.07) is 5.77. The number of nitrogens with zero attached hydrogens (tertiary/aromatic N) is 4. The zero-order valence-electron chi connectivity index (χ0n) is 15.2. The first kappa shape index (κ1) is 17.4. The third-order valence-corrected chi connectivity index (χ3v) is 5.35. The van der Waals surface area contributed by atoms with Crippen molar-refractivity contribution < 1.29 is 9.53 Å². The molecule has 0 bridgehead atoms. The number of hydrogen-bond acceptors (Lipinski definition) is 4. The van der Waals surface area contributed by atoms with Crippen molar-refractivity contribution in [1.29, 1.82) is 0 Å². The molecule has 1 amide bonds. The van der Waals surface area contributed by atoms with Crippen LogP contribution in [0.2, 0.25) is 0 Å². The number of thiazole rings is 1. The number of aryl methyl sites for hydroxylation is 4. The van der Waals surface area contributed by atoms with Crippen molar-refractivity contribution in [2.45, 2.75) is 40.8 Å². The highest BCUT2D eigenvalue weighted by Crippen LogP contribution is 2.30. The molecule has 132 valence electrons. The Bertz CT molecular complexity index is 1010. The van der Waals surface area contributed by atoms with Crippen molar-refractivity contribution in [3.8, 4) is 5.75 Å². The van der Waals surface area contributed by atoms with Crippen LogP contribution < -0.4 is 9.54 Å². The molecule has 0 radical (unpaired) electrons. The van der Waals surface area contributed by atoms with Crippen LogP contribution in [0.3, 0.4) is 0 Å². The van der Waals surface area contributed by atoms with Crippen molar-refractivity contribution in [3.05, 3.63) is 40.0 Å². The fourth-order valence-electron chi connectivity index (χ4n) is 2.92. The van der Waals surface area contributed by atoms with E-state index in [0.29, 0.717) is 23.6 Å². The Kier molecular flexibility index (Phi) is 4.76. The molecule has 0 aliphatic heterocycles. The lowest BCUT2D eigenvalue weighted by Crippen LogP contribution is -2.17. The molecular formula is C18H22N4O2S. The van der Waals surface area contributed by atoms with Crippen molar-refractivity contribution >= 4 is 27.5 Å². The number of carbonyl (C=O) groups excluding carboxylic acids is 1. The monoisotopic (exact) mass is 358 g/mol. The molecule has 3 rings (SSSR count). The normalized spacial score (nSPS) is 12.1. The van der Waals surface area contributed by atoms with Gasteiger partial charge in [0.05, 0.1) is 17.5 Å². The number of hydrogen-bond donors (Lipinski definition) is 0. The molecule has 6 nitrogen and oxygen atoms in total. The maximum atomic E-state index is 12.7. The van der Waals surface area contributed by atoms with E-state index in [9.17, 15) is 4.79 Å². The molecule has 0 atom stereocenters. The standard InChI is InChI=1S/C18H22N4O2S/c1-6-21-15-14(24-5)9-8-11(3)16(15)25-18(21)19-17(23)13-10-12(4)20-22(13)7-2/h8-10H,6-7H2,1-5H3. The first-order valence-electron chi connectivity index (χ1n) is 8.30. The lowest BCUT2D eigenvalue weighted by Gasteiger charge is -2.07. The molecule has 2 aromatic heterocycles. The highest BCUT2D eigenvalue weighted by Gasteiger charge is 2.16. The number of ether oxygens (including phenoxy) is 1. The van der Waals surface area contributed by atoms with Gasteiger partial charge in [0, 0.05) is 13.1 Å². The van der Waals surface area contributed by atoms with Crippen molar-refractivity contribution in [1.82, 2.24) is 14.3 Å². The summed E-state index contributed by atoms with van der Waals surface area (Å²) in [7, 11) is 1.66. The predicted octanol–water partition coefficient (Wildman–Crippen LogP) is 3.31. The molecule has 1 aromatic carbocycles. The quantitative estimate of drug-likeness (QED) is 0.719. The van der Waals surface area contributed by atoms with Crippen molar-refractivity contribution in [2.24, 2.45) is 4.99 Å². The Morgan fingerprint density at radius 2 is 2.04 bits per heavy atom. The van der Waals surface area contributed by atoms with Crippen LogP contribution in [0.5, 0.6) is 5.75 Å². The van der Waals surface area contributed by atoms with E-state index in [2.05, 4.69) is 17.0 Å². The minimum Gasteiger partial charge on any atom is -0.495 e. The first-order valence-corrected chi connectivity index (χ1v) is 9.12. The van der Waals surface area contributed by atoms with Gasteiger partial charge < -0.3 is 9.30 Å². The van der Waals surface area contributed by atoms with Gasteiger partial charge in [0.1, 0.15) is 17.0 Å². The van der Waals surface area contributed by atoms with Crippen LogP contribution >= 0.6 is 11.3 Å². The maximum absolute atomic E-state index is 12.7. The highest BCUT2D eigenvalue weighted by molar-refractivity contribution is 7.16. The number of carbonyl (C=O) groups is 1. The van der Waals surface area contributed by atoms with E-state index in [4.69, 9.17) is 4.74 Å². The molecule has 0 fully saturated rings. The molecule has 2 heterocycles. The van der Waals surface area contributed by atoms with Crippen molar-refractivity contribution in [2.75, 3.05) is 7.11 Å². The summed E-state index contributed by atoms with van der Waals surface area (Å²) < 4.78 is 10.3. The number of aromatic nitrogens is 3. The molecule has 0 saturated heterocycles. The summed E-state index contributed by atoms with van der Waals surface area (Å²) in [5.41, 5.74) is 3.47. The molecule has 0 unspecified atom stereocenters. The zero-order valence-corrected chi connectivity index (χ0v) is 16.0. The topological polar surface area (TPSA) is 61.4 Å². The van der Waals surface area contributed by atoms with Crippen LogP contribution in [0.4, 0.5) is 0 Å². The Balaban J connectivity index is 2.22. The van der Waals surface area contributed by atoms with E-state index in [1.807, 2.05) is 37.5 Å². The van der Waals surface area contributed by atoms with Crippen LogP contribution in [0.15, 0.2) is 23.2 Å². The second kappa shape index (κ2) is 6.84. The summed E-state index contributed by atoms with van der Waals surface area (Å²) >= 11 is 1.51. The second-order valence-corrected chi connectivity index (χ2v) is 6.77. The summed E-state index contributed by atoms with van der Waals surface area (Å²) in [4.78, 5) is 17.8. The van der Waals surface area contributed by atoms with Crippen LogP contribution in [-0.4, -0.2) is 27.4 Å². The predicted molar refractivity (Wildman–Crippen MR) is 99.3 cm³/mol. The number of fused-ring (bicyclic) bond motifs is 1. The van der Waals surface area contributed by atoms with E-state index in [0.717, 1.165) is 27.2 Å². The van der Waals surface area contributed by atoms with Gasteiger partial charge >= 0.3 is 0 Å². The molecule has 0 spiro atoms. The minimum atomic E-state index is -0.271. The van der Waals surface area contributed by atoms with Crippen LogP contribution in [0, 0.1) is 13.8 Å². The highest BCUT2D eigenvalue weighted by atomic mass is 32.1. The fraction of sp³-hybridized carbons (Fsp3) is 0.389. The lowest BCUT2D eigenvalue weighted by atomic mass is 10.2. The molecule has 3 aromatic rings. The van der Waals surface area contributed by atoms with E-state index >= 15 is 0 Å². The first-order chi connectivity index (χ1) is 12.0. The van der Waals surface area contributed by atoms with Gasteiger partial charge in [0.25, 0.3) is 5.91 Å². The molecule has 0 aliphatic carbocycles. The van der Waals surface area contributed by atoms with Gasteiger partial charge in [-0.15, -0.1) is 0 Å². The molecule has 7 heteroatoms. The zero-order chi connectivity index (χ0) is 18.1. The SMILES string of the molecule is CCn1nc(C)cc1C(=O)N=c1sc2c(C)ccc(OC)c2n1CC. The summed E-state index contributed by atoms with van der Waals surface area (Å²) in [6.45, 7) is 9.28. The van der Waals surface area contributed by atoms with Crippen LogP contribution in [0.25, 0.3) is 10.2 Å². The molecular weight excluding hydrogens is 336 g/mol. The van der Waals surface area contributed by atoms with Gasteiger partial charge in [-0.2, -0.15) is 10.1 Å². The summed E-state index contributed by atoms with van der Waals surface area (Å²) in [5, 5.41) is 4.33. The number of benzene rings is 1. The molecule has 0 aliphatic rings. The van der Waals surface area contributed by atoms with E-state index in [1.165, 1.54) is 11.3 Å². The van der Waals surface area contributed by atoms with Gasteiger partial charge in [0.2, 0.25) is 0 Å². The Hall–Kier alpha value is -2.41. The van der Waals surface area contributed by atoms with Gasteiger partial charge in [-0.1, -0.05) is 17.4 Å². The molecule has 0 N–H and O–H groups in total. The number of rotatable bonds is 4. The second-order valence-electron chi connectivity index (χ2n) is 5.80. The third-order valence-electron chi connectivity index (χ3n) is 4.14. The number of methoxy groups -OCH3 is 1. The summed E-state index contributed by atoms with van der Waals surface area (Å²) in [6.07, 6.45) is 0. The van der Waals surface area contributed by atoms with Gasteiger partial charge in [-0.05, 0) is 45.4 Å². The third kappa shape index (κ3) is 3.00. The average Bonchev–Trinajstić information content (AvgIpc) is 3.16. The van der Waals surface area contributed by atoms with Gasteiger partial charge in [0.15, 0.2) is 4.80 Å². The van der Waals surface area contributed by atoms with Gasteiger partial charge in [-0.3, -0.25) is 9.48 Å². The molecule has 25 heavy (non-hydrogen) atoms. The maximum Gasteiger partial charge on any atom is 0.297 e. The fourth-order valence-corrected chi connectivity index (χ4v) is 4.10. The van der Waals surface area contributed by atoms with E-state index in [-0.39, 0.29) is 5.91 Å². The smallest absolute Gasteiger partial charge is 0.297 e. The van der Waals surface area contributed by atoms with Crippen LogP contribution in [-0.2, 0) is 13.1 Å². The van der Waals surface area contributed by atoms with E-state index < -0.39 is 0 Å². The average molecular weight is 358 g/mol. The molecule has 0 saturated carbocycles. The largest absolute Gasteiger partial charge is 0.495 e. The Morgan fingerprint density at radius 3 is 2.68 bits per heavy atom. The Labute approximate surface area is 150 Å². The summed E-state index contributed by atoms with van der Waals surface area (Å²) in [5.74, 6) is 0.523. The lowest BCUT2D eigenvalue weighted by molar-refractivity contribution is 0.0987. The van der Waals surface area contributed by atoms with Crippen molar-refractivity contribution in [3.63, 3.8) is 0 Å². The van der Waals surface area contributed by atoms with Crippen LogP contribution in [0.1, 0.15) is 35.6 Å². The number of amides is 1. The van der Waals surface area contributed by atoms with Gasteiger partial charge in [-0.25, -0.2) is 0 Å². The van der Waals surface area contributed by atoms with E-state index in [1.54, 1.807) is 17.9 Å².